The van der Waals surface area contributed by atoms with Crippen molar-refractivity contribution in [2.24, 2.45) is 0 Å². The highest BCUT2D eigenvalue weighted by Crippen LogP contribution is 2.37. The summed E-state index contributed by atoms with van der Waals surface area (Å²) < 4.78 is 18.8. The molecule has 114 valence electrons. The quantitative estimate of drug-likeness (QED) is 0.886. The zero-order valence-corrected chi connectivity index (χ0v) is 12.3. The Kier molecular flexibility index (Phi) is 3.71. The molecule has 0 radical (unpaired) electrons. The van der Waals surface area contributed by atoms with Crippen molar-refractivity contribution in [3.63, 3.8) is 0 Å². The minimum Gasteiger partial charge on any atom is -0.478 e. The summed E-state index contributed by atoms with van der Waals surface area (Å²) in [7, 11) is 0. The summed E-state index contributed by atoms with van der Waals surface area (Å²) in [5.74, 6) is 0.237. The Balaban J connectivity index is 1.98. The summed E-state index contributed by atoms with van der Waals surface area (Å²) in [6, 6.07) is 11.4. The highest BCUT2D eigenvalue weighted by atomic mass is 19.1. The van der Waals surface area contributed by atoms with Crippen LogP contribution >= 0.6 is 0 Å². The third-order valence-electron chi connectivity index (χ3n) is 3.71. The maximum Gasteiger partial charge on any atom is 0.268 e. The molecule has 1 heterocycles. The zero-order chi connectivity index (χ0) is 15.7. The van der Waals surface area contributed by atoms with Crippen molar-refractivity contribution in [1.82, 2.24) is 0 Å². The van der Waals surface area contributed by atoms with Gasteiger partial charge in [0.2, 0.25) is 0 Å². The molecule has 22 heavy (non-hydrogen) atoms. The number of benzene rings is 2. The van der Waals surface area contributed by atoms with Gasteiger partial charge in [0.1, 0.15) is 11.6 Å². The normalized spacial score (nSPS) is 17.1. The van der Waals surface area contributed by atoms with Crippen molar-refractivity contribution in [2.45, 2.75) is 26.0 Å². The van der Waals surface area contributed by atoms with Gasteiger partial charge in [-0.25, -0.2) is 4.39 Å². The minimum atomic E-state index is -0.503. The van der Waals surface area contributed by atoms with E-state index >= 15 is 0 Å². The first kappa shape index (κ1) is 14.4. The number of nitrogens with two attached hydrogens (primary N) is 1. The number of nitrogen functional groups attached to an aromatic ring is 1. The number of fused-ring (bicyclic) bond motifs is 1. The maximum absolute atomic E-state index is 13.0. The number of ether oxygens (including phenoxy) is 1. The molecule has 4 nitrogen and oxygen atoms in total. The number of nitrogens with zero attached hydrogens (tertiary/aromatic N) is 1. The molecular weight excluding hydrogens is 283 g/mol. The van der Waals surface area contributed by atoms with E-state index in [0.717, 1.165) is 5.56 Å². The second kappa shape index (κ2) is 5.67. The van der Waals surface area contributed by atoms with Crippen LogP contribution in [0, 0.1) is 5.82 Å². The summed E-state index contributed by atoms with van der Waals surface area (Å²) in [4.78, 5) is 14.2. The van der Waals surface area contributed by atoms with Gasteiger partial charge >= 0.3 is 0 Å². The summed E-state index contributed by atoms with van der Waals surface area (Å²) in [6.45, 7) is 2.26. The van der Waals surface area contributed by atoms with Gasteiger partial charge in [-0.3, -0.25) is 4.79 Å². The number of hydrogen-bond acceptors (Lipinski definition) is 3. The smallest absolute Gasteiger partial charge is 0.268 e. The van der Waals surface area contributed by atoms with Crippen LogP contribution in [0.1, 0.15) is 18.9 Å². The van der Waals surface area contributed by atoms with Crippen LogP contribution < -0.4 is 15.4 Å². The number of amides is 1. The fourth-order valence-electron chi connectivity index (χ4n) is 2.53. The van der Waals surface area contributed by atoms with E-state index in [-0.39, 0.29) is 11.7 Å². The first-order valence-electron chi connectivity index (χ1n) is 7.20. The number of hydrogen-bond donors (Lipinski definition) is 1. The van der Waals surface area contributed by atoms with E-state index in [0.29, 0.717) is 30.1 Å². The Hall–Kier alpha value is -2.56. The topological polar surface area (TPSA) is 55.6 Å². The van der Waals surface area contributed by atoms with E-state index in [4.69, 9.17) is 10.5 Å². The molecule has 0 fully saturated rings. The first-order chi connectivity index (χ1) is 10.6. The van der Waals surface area contributed by atoms with Crippen LogP contribution in [0.2, 0.25) is 0 Å². The summed E-state index contributed by atoms with van der Waals surface area (Å²) in [5.41, 5.74) is 7.89. The van der Waals surface area contributed by atoms with E-state index in [1.54, 1.807) is 35.2 Å². The van der Waals surface area contributed by atoms with Crippen LogP contribution in [0.5, 0.6) is 5.75 Å². The molecule has 1 aliphatic heterocycles. The van der Waals surface area contributed by atoms with E-state index in [1.165, 1.54) is 12.1 Å². The molecular formula is C17H17FN2O2. The number of carbonyl (C=O) groups is 1. The van der Waals surface area contributed by atoms with Gasteiger partial charge in [0.15, 0.2) is 6.10 Å². The molecule has 0 unspecified atom stereocenters. The van der Waals surface area contributed by atoms with Crippen LogP contribution in [0.15, 0.2) is 42.5 Å². The molecule has 5 heteroatoms. The average Bonchev–Trinajstić information content (AvgIpc) is 2.52. The van der Waals surface area contributed by atoms with Crippen LogP contribution in [0.3, 0.4) is 0 Å². The standard InChI is InChI=1S/C17H17FN2O2/c1-2-15-17(21)20(10-11-3-5-12(18)6-4-11)14-9-13(19)7-8-16(14)22-15/h3-9,15H,2,10,19H2,1H3/t15-/m1/s1. The SMILES string of the molecule is CC[C@H]1Oc2ccc(N)cc2N(Cc2ccc(F)cc2)C1=O. The molecule has 0 saturated heterocycles. The predicted molar refractivity (Wildman–Crippen MR) is 83.2 cm³/mol. The zero-order valence-electron chi connectivity index (χ0n) is 12.3. The predicted octanol–water partition coefficient (Wildman–Crippen LogP) is 3.11. The van der Waals surface area contributed by atoms with Gasteiger partial charge in [-0.1, -0.05) is 19.1 Å². The van der Waals surface area contributed by atoms with Gasteiger partial charge in [0.25, 0.3) is 5.91 Å². The van der Waals surface area contributed by atoms with E-state index in [2.05, 4.69) is 0 Å². The molecule has 0 bridgehead atoms. The number of carbonyl (C=O) groups excluding carboxylic acids is 1. The van der Waals surface area contributed by atoms with Gasteiger partial charge in [0.05, 0.1) is 12.2 Å². The monoisotopic (exact) mass is 300 g/mol. The lowest BCUT2D eigenvalue weighted by atomic mass is 10.1. The third-order valence-corrected chi connectivity index (χ3v) is 3.71. The van der Waals surface area contributed by atoms with Crippen molar-refractivity contribution >= 4 is 17.3 Å². The second-order valence-electron chi connectivity index (χ2n) is 5.29. The Bertz CT molecular complexity index is 700. The minimum absolute atomic E-state index is 0.107. The lowest BCUT2D eigenvalue weighted by Gasteiger charge is -2.34. The van der Waals surface area contributed by atoms with Gasteiger partial charge in [0, 0.05) is 5.69 Å². The lowest BCUT2D eigenvalue weighted by Crippen LogP contribution is -2.45. The van der Waals surface area contributed by atoms with E-state index in [1.807, 2.05) is 6.92 Å². The van der Waals surface area contributed by atoms with Gasteiger partial charge in [-0.2, -0.15) is 0 Å². The van der Waals surface area contributed by atoms with E-state index < -0.39 is 6.10 Å². The van der Waals surface area contributed by atoms with Crippen LogP contribution in [0.4, 0.5) is 15.8 Å². The molecule has 2 N–H and O–H groups in total. The first-order valence-corrected chi connectivity index (χ1v) is 7.20. The number of rotatable bonds is 3. The van der Waals surface area contributed by atoms with Crippen LogP contribution in [-0.4, -0.2) is 12.0 Å². The van der Waals surface area contributed by atoms with Crippen molar-refractivity contribution in [2.75, 3.05) is 10.6 Å². The molecule has 0 saturated carbocycles. The highest BCUT2D eigenvalue weighted by Gasteiger charge is 2.33. The van der Waals surface area contributed by atoms with Crippen LogP contribution in [0.25, 0.3) is 0 Å². The molecule has 0 aliphatic carbocycles. The Morgan fingerprint density at radius 1 is 1.23 bits per heavy atom. The molecule has 1 atom stereocenters. The van der Waals surface area contributed by atoms with Crippen LogP contribution in [-0.2, 0) is 11.3 Å². The summed E-state index contributed by atoms with van der Waals surface area (Å²) in [6.07, 6.45) is 0.0827. The van der Waals surface area contributed by atoms with Crippen molar-refractivity contribution in [3.8, 4) is 5.75 Å². The van der Waals surface area contributed by atoms with Crippen molar-refractivity contribution in [3.05, 3.63) is 53.8 Å². The number of halogens is 1. The molecule has 0 spiro atoms. The third kappa shape index (κ3) is 2.62. The van der Waals surface area contributed by atoms with Crippen molar-refractivity contribution < 1.29 is 13.9 Å². The lowest BCUT2D eigenvalue weighted by molar-refractivity contribution is -0.126. The summed E-state index contributed by atoms with van der Waals surface area (Å²) in [5, 5.41) is 0. The van der Waals surface area contributed by atoms with Gasteiger partial charge in [-0.15, -0.1) is 0 Å². The maximum atomic E-state index is 13.0. The fourth-order valence-corrected chi connectivity index (χ4v) is 2.53. The molecule has 1 amide bonds. The number of anilines is 2. The highest BCUT2D eigenvalue weighted by molar-refractivity contribution is 6.00. The Labute approximate surface area is 128 Å². The van der Waals surface area contributed by atoms with Gasteiger partial charge < -0.3 is 15.4 Å². The molecule has 3 rings (SSSR count). The van der Waals surface area contributed by atoms with E-state index in [9.17, 15) is 9.18 Å². The fraction of sp³-hybridized carbons (Fsp3) is 0.235. The largest absolute Gasteiger partial charge is 0.478 e. The summed E-state index contributed by atoms with van der Waals surface area (Å²) >= 11 is 0. The molecule has 2 aromatic carbocycles. The van der Waals surface area contributed by atoms with Gasteiger partial charge in [-0.05, 0) is 42.3 Å². The Morgan fingerprint density at radius 2 is 1.95 bits per heavy atom. The molecule has 0 aromatic heterocycles. The second-order valence-corrected chi connectivity index (χ2v) is 5.29. The molecule has 2 aromatic rings. The van der Waals surface area contributed by atoms with Crippen molar-refractivity contribution in [1.29, 1.82) is 0 Å². The molecule has 1 aliphatic rings. The average molecular weight is 300 g/mol. The Morgan fingerprint density at radius 3 is 2.64 bits per heavy atom.